The van der Waals surface area contributed by atoms with Crippen molar-refractivity contribution < 1.29 is 4.79 Å². The SMILES string of the molecule is CN(Cc1ccccc1)c1cc(Cl)nc(SCc2cccc(C(=O)N3CCCC3)c2)n1. The smallest absolute Gasteiger partial charge is 0.253 e. The fourth-order valence-electron chi connectivity index (χ4n) is 3.63. The van der Waals surface area contributed by atoms with Crippen molar-refractivity contribution >= 4 is 35.1 Å². The molecule has 0 atom stereocenters. The average molecular weight is 453 g/mol. The molecule has 160 valence electrons. The van der Waals surface area contributed by atoms with Crippen LogP contribution >= 0.6 is 23.4 Å². The summed E-state index contributed by atoms with van der Waals surface area (Å²) in [6.07, 6.45) is 2.18. The monoisotopic (exact) mass is 452 g/mol. The first-order chi connectivity index (χ1) is 15.1. The third kappa shape index (κ3) is 5.77. The van der Waals surface area contributed by atoms with Crippen LogP contribution in [0.2, 0.25) is 5.15 Å². The van der Waals surface area contributed by atoms with Gasteiger partial charge in [-0.15, -0.1) is 0 Å². The molecule has 7 heteroatoms. The van der Waals surface area contributed by atoms with Gasteiger partial charge in [0.15, 0.2) is 5.16 Å². The first-order valence-electron chi connectivity index (χ1n) is 10.4. The van der Waals surface area contributed by atoms with Gasteiger partial charge < -0.3 is 9.80 Å². The Kier molecular flexibility index (Phi) is 7.10. The minimum atomic E-state index is 0.119. The van der Waals surface area contributed by atoms with Crippen LogP contribution in [0, 0.1) is 0 Å². The lowest BCUT2D eigenvalue weighted by atomic mass is 10.1. The molecule has 1 aromatic heterocycles. The molecule has 2 aromatic carbocycles. The molecule has 1 saturated heterocycles. The molecule has 3 aromatic rings. The molecule has 5 nitrogen and oxygen atoms in total. The van der Waals surface area contributed by atoms with Gasteiger partial charge in [0.2, 0.25) is 0 Å². The van der Waals surface area contributed by atoms with Crippen molar-refractivity contribution in [2.75, 3.05) is 25.0 Å². The molecule has 0 unspecified atom stereocenters. The summed E-state index contributed by atoms with van der Waals surface area (Å²) in [5.74, 6) is 1.57. The Morgan fingerprint density at radius 3 is 2.55 bits per heavy atom. The van der Waals surface area contributed by atoms with Crippen LogP contribution in [0.15, 0.2) is 65.8 Å². The number of hydrogen-bond acceptors (Lipinski definition) is 5. The summed E-state index contributed by atoms with van der Waals surface area (Å²) in [6.45, 7) is 2.44. The van der Waals surface area contributed by atoms with Crippen molar-refractivity contribution in [1.29, 1.82) is 0 Å². The van der Waals surface area contributed by atoms with E-state index >= 15 is 0 Å². The Morgan fingerprint density at radius 1 is 1.03 bits per heavy atom. The van der Waals surface area contributed by atoms with Gasteiger partial charge in [-0.05, 0) is 36.1 Å². The largest absolute Gasteiger partial charge is 0.355 e. The van der Waals surface area contributed by atoms with Gasteiger partial charge >= 0.3 is 0 Å². The Balaban J connectivity index is 1.43. The van der Waals surface area contributed by atoms with Crippen LogP contribution in [-0.4, -0.2) is 40.9 Å². The van der Waals surface area contributed by atoms with Crippen LogP contribution in [0.25, 0.3) is 0 Å². The lowest BCUT2D eigenvalue weighted by Gasteiger charge is -2.19. The molecule has 2 heterocycles. The van der Waals surface area contributed by atoms with Gasteiger partial charge in [-0.3, -0.25) is 4.79 Å². The molecule has 1 amide bonds. The highest BCUT2D eigenvalue weighted by Crippen LogP contribution is 2.25. The van der Waals surface area contributed by atoms with Crippen LogP contribution < -0.4 is 4.90 Å². The summed E-state index contributed by atoms with van der Waals surface area (Å²) in [5.41, 5.74) is 3.02. The van der Waals surface area contributed by atoms with Gasteiger partial charge in [-0.25, -0.2) is 9.97 Å². The second kappa shape index (κ2) is 10.2. The first-order valence-corrected chi connectivity index (χ1v) is 11.8. The van der Waals surface area contributed by atoms with E-state index in [1.165, 1.54) is 17.3 Å². The summed E-state index contributed by atoms with van der Waals surface area (Å²) < 4.78 is 0. The maximum Gasteiger partial charge on any atom is 0.253 e. The van der Waals surface area contributed by atoms with Crippen molar-refractivity contribution in [3.8, 4) is 0 Å². The Morgan fingerprint density at radius 2 is 1.77 bits per heavy atom. The van der Waals surface area contributed by atoms with Crippen LogP contribution in [0.4, 0.5) is 5.82 Å². The number of halogens is 1. The highest BCUT2D eigenvalue weighted by Gasteiger charge is 2.19. The molecule has 1 fully saturated rings. The molecule has 4 rings (SSSR count). The van der Waals surface area contributed by atoms with Gasteiger partial charge in [0, 0.05) is 44.1 Å². The minimum absolute atomic E-state index is 0.119. The van der Waals surface area contributed by atoms with E-state index < -0.39 is 0 Å². The van der Waals surface area contributed by atoms with E-state index in [0.717, 1.165) is 49.4 Å². The van der Waals surface area contributed by atoms with E-state index in [4.69, 9.17) is 11.6 Å². The molecular formula is C24H25ClN4OS. The van der Waals surface area contributed by atoms with E-state index in [1.54, 1.807) is 6.07 Å². The van der Waals surface area contributed by atoms with Crippen molar-refractivity contribution in [1.82, 2.24) is 14.9 Å². The Labute approximate surface area is 192 Å². The standard InChI is InChI=1S/C24H25ClN4OS/c1-28(16-18-8-3-2-4-9-18)22-15-21(25)26-24(27-22)31-17-19-10-7-11-20(14-19)23(30)29-12-5-6-13-29/h2-4,7-11,14-15H,5-6,12-13,16-17H2,1H3. The summed E-state index contributed by atoms with van der Waals surface area (Å²) >= 11 is 7.80. The van der Waals surface area contributed by atoms with E-state index in [0.29, 0.717) is 16.1 Å². The lowest BCUT2D eigenvalue weighted by molar-refractivity contribution is 0.0792. The fraction of sp³-hybridized carbons (Fsp3) is 0.292. The molecule has 0 spiro atoms. The molecule has 0 radical (unpaired) electrons. The van der Waals surface area contributed by atoms with Gasteiger partial charge in [0.25, 0.3) is 5.91 Å². The highest BCUT2D eigenvalue weighted by atomic mass is 35.5. The number of likely N-dealkylation sites (tertiary alicyclic amines) is 1. The predicted molar refractivity (Wildman–Crippen MR) is 127 cm³/mol. The molecule has 0 saturated carbocycles. The fourth-order valence-corrected chi connectivity index (χ4v) is 4.65. The third-order valence-electron chi connectivity index (χ3n) is 5.25. The zero-order valence-electron chi connectivity index (χ0n) is 17.5. The topological polar surface area (TPSA) is 49.3 Å². The van der Waals surface area contributed by atoms with Crippen LogP contribution in [0.3, 0.4) is 0 Å². The molecule has 0 bridgehead atoms. The summed E-state index contributed by atoms with van der Waals surface area (Å²) in [7, 11) is 1.99. The summed E-state index contributed by atoms with van der Waals surface area (Å²) in [4.78, 5) is 25.7. The number of benzene rings is 2. The third-order valence-corrected chi connectivity index (χ3v) is 6.36. The average Bonchev–Trinajstić information content (AvgIpc) is 3.33. The van der Waals surface area contributed by atoms with Crippen molar-refractivity contribution in [2.24, 2.45) is 0 Å². The lowest BCUT2D eigenvalue weighted by Crippen LogP contribution is -2.27. The first kappa shape index (κ1) is 21.7. The van der Waals surface area contributed by atoms with E-state index in [2.05, 4.69) is 27.0 Å². The maximum atomic E-state index is 12.7. The molecule has 0 N–H and O–H groups in total. The summed E-state index contributed by atoms with van der Waals surface area (Å²) in [6, 6.07) is 19.9. The second-order valence-electron chi connectivity index (χ2n) is 7.66. The number of rotatable bonds is 7. The quantitative estimate of drug-likeness (QED) is 0.277. The Bertz CT molecular complexity index is 1040. The second-order valence-corrected chi connectivity index (χ2v) is 8.99. The molecule has 1 aliphatic rings. The van der Waals surface area contributed by atoms with Gasteiger partial charge in [-0.1, -0.05) is 65.8 Å². The molecule has 0 aliphatic carbocycles. The number of amides is 1. The van der Waals surface area contributed by atoms with Crippen molar-refractivity contribution in [3.05, 3.63) is 82.5 Å². The normalized spacial score (nSPS) is 13.4. The minimum Gasteiger partial charge on any atom is -0.355 e. The van der Waals surface area contributed by atoms with Gasteiger partial charge in [0.1, 0.15) is 11.0 Å². The number of carbonyl (C=O) groups excluding carboxylic acids is 1. The van der Waals surface area contributed by atoms with E-state index in [9.17, 15) is 4.79 Å². The number of thioether (sulfide) groups is 1. The number of aromatic nitrogens is 2. The zero-order valence-corrected chi connectivity index (χ0v) is 19.1. The van der Waals surface area contributed by atoms with Crippen LogP contribution in [0.5, 0.6) is 0 Å². The summed E-state index contributed by atoms with van der Waals surface area (Å²) in [5, 5.41) is 1.05. The van der Waals surface area contributed by atoms with Crippen molar-refractivity contribution in [2.45, 2.75) is 30.3 Å². The van der Waals surface area contributed by atoms with Crippen LogP contribution in [-0.2, 0) is 12.3 Å². The number of nitrogens with zero attached hydrogens (tertiary/aromatic N) is 4. The number of carbonyl (C=O) groups is 1. The number of hydrogen-bond donors (Lipinski definition) is 0. The highest BCUT2D eigenvalue weighted by molar-refractivity contribution is 7.98. The maximum absolute atomic E-state index is 12.7. The van der Waals surface area contributed by atoms with Gasteiger partial charge in [0.05, 0.1) is 0 Å². The van der Waals surface area contributed by atoms with Gasteiger partial charge in [-0.2, -0.15) is 0 Å². The van der Waals surface area contributed by atoms with E-state index in [1.807, 2.05) is 54.4 Å². The van der Waals surface area contributed by atoms with Crippen molar-refractivity contribution in [3.63, 3.8) is 0 Å². The predicted octanol–water partition coefficient (Wildman–Crippen LogP) is 5.29. The number of anilines is 1. The molecule has 31 heavy (non-hydrogen) atoms. The van der Waals surface area contributed by atoms with E-state index in [-0.39, 0.29) is 5.91 Å². The Hall–Kier alpha value is -2.57. The molecule has 1 aliphatic heterocycles. The molecular weight excluding hydrogens is 428 g/mol. The van der Waals surface area contributed by atoms with Crippen LogP contribution in [0.1, 0.15) is 34.3 Å². The zero-order chi connectivity index (χ0) is 21.6.